The number of ether oxygens (including phenoxy) is 2. The van der Waals surface area contributed by atoms with E-state index in [1.807, 2.05) is 32.7 Å². The Morgan fingerprint density at radius 3 is 2.37 bits per heavy atom. The molecule has 1 heterocycles. The van der Waals surface area contributed by atoms with Crippen molar-refractivity contribution in [1.82, 2.24) is 20.4 Å². The van der Waals surface area contributed by atoms with Gasteiger partial charge in [-0.1, -0.05) is 6.42 Å². The number of amides is 1. The van der Waals surface area contributed by atoms with Crippen molar-refractivity contribution in [2.45, 2.75) is 58.5 Å². The molecule has 8 heteroatoms. The molecule has 174 valence electrons. The number of piperazine rings is 1. The molecule has 0 radical (unpaired) electrons. The van der Waals surface area contributed by atoms with Gasteiger partial charge < -0.3 is 25.0 Å². The van der Waals surface area contributed by atoms with Crippen LogP contribution in [0.25, 0.3) is 0 Å². The molecule has 1 saturated carbocycles. The van der Waals surface area contributed by atoms with Crippen LogP contribution in [0.15, 0.2) is 4.99 Å². The van der Waals surface area contributed by atoms with Crippen LogP contribution >= 0.6 is 0 Å². The van der Waals surface area contributed by atoms with E-state index in [0.717, 1.165) is 71.2 Å². The van der Waals surface area contributed by atoms with Crippen molar-refractivity contribution in [3.05, 3.63) is 0 Å². The first-order chi connectivity index (χ1) is 14.3. The lowest BCUT2D eigenvalue weighted by Crippen LogP contribution is -2.50. The average molecular weight is 426 g/mol. The standard InChI is InChI=1S/C22H43N5O3/c1-21(2,3)30-20(28)27-15-13-26(14-16-27)12-7-11-24-19(23-4)25-18-22(8-6-9-22)10-17-29-5/h6-18H2,1-5H3,(H2,23,24,25). The number of hydrogen-bond acceptors (Lipinski definition) is 5. The summed E-state index contributed by atoms with van der Waals surface area (Å²) in [7, 11) is 3.60. The van der Waals surface area contributed by atoms with Crippen molar-refractivity contribution in [3.63, 3.8) is 0 Å². The molecule has 30 heavy (non-hydrogen) atoms. The molecule has 1 saturated heterocycles. The van der Waals surface area contributed by atoms with Gasteiger partial charge in [0.2, 0.25) is 0 Å². The monoisotopic (exact) mass is 425 g/mol. The predicted octanol–water partition coefficient (Wildman–Crippen LogP) is 2.30. The summed E-state index contributed by atoms with van der Waals surface area (Å²) >= 11 is 0. The first-order valence-corrected chi connectivity index (χ1v) is 11.4. The highest BCUT2D eigenvalue weighted by atomic mass is 16.6. The van der Waals surface area contributed by atoms with E-state index in [-0.39, 0.29) is 6.09 Å². The number of rotatable bonds is 9. The SMILES string of the molecule is CN=C(NCCCN1CCN(C(=O)OC(C)(C)C)CC1)NCC1(CCOC)CCC1. The van der Waals surface area contributed by atoms with E-state index in [9.17, 15) is 4.79 Å². The molecule has 0 aromatic heterocycles. The first-order valence-electron chi connectivity index (χ1n) is 11.4. The highest BCUT2D eigenvalue weighted by Crippen LogP contribution is 2.43. The highest BCUT2D eigenvalue weighted by Gasteiger charge is 2.36. The molecule has 2 aliphatic rings. The summed E-state index contributed by atoms with van der Waals surface area (Å²) in [5, 5.41) is 6.94. The Balaban J connectivity index is 1.59. The predicted molar refractivity (Wildman–Crippen MR) is 121 cm³/mol. The summed E-state index contributed by atoms with van der Waals surface area (Å²) in [5.41, 5.74) is -0.0596. The van der Waals surface area contributed by atoms with Crippen LogP contribution < -0.4 is 10.6 Å². The second kappa shape index (κ2) is 11.7. The second-order valence-corrected chi connectivity index (χ2v) is 9.61. The van der Waals surface area contributed by atoms with E-state index < -0.39 is 5.60 Å². The normalized spacial score (nSPS) is 19.9. The highest BCUT2D eigenvalue weighted by molar-refractivity contribution is 5.79. The molecular formula is C22H43N5O3. The summed E-state index contributed by atoms with van der Waals surface area (Å²) < 4.78 is 10.7. The minimum absolute atomic E-state index is 0.201. The Morgan fingerprint density at radius 2 is 1.83 bits per heavy atom. The fourth-order valence-corrected chi connectivity index (χ4v) is 3.99. The quantitative estimate of drug-likeness (QED) is 0.335. The van der Waals surface area contributed by atoms with Gasteiger partial charge in [0, 0.05) is 60.0 Å². The van der Waals surface area contributed by atoms with E-state index in [4.69, 9.17) is 9.47 Å². The zero-order valence-corrected chi connectivity index (χ0v) is 19.8. The lowest BCUT2D eigenvalue weighted by molar-refractivity contribution is 0.0145. The Hall–Kier alpha value is -1.54. The maximum Gasteiger partial charge on any atom is 0.410 e. The molecule has 2 fully saturated rings. The van der Waals surface area contributed by atoms with Crippen LogP contribution in [0, 0.1) is 5.41 Å². The largest absolute Gasteiger partial charge is 0.444 e. The third kappa shape index (κ3) is 8.30. The van der Waals surface area contributed by atoms with Gasteiger partial charge in [-0.3, -0.25) is 9.89 Å². The topological polar surface area (TPSA) is 78.4 Å². The number of carbonyl (C=O) groups excluding carboxylic acids is 1. The molecule has 1 aliphatic heterocycles. The molecule has 0 aromatic carbocycles. The zero-order chi connectivity index (χ0) is 22.0. The van der Waals surface area contributed by atoms with E-state index in [1.54, 1.807) is 7.11 Å². The molecule has 0 unspecified atom stereocenters. The maximum absolute atomic E-state index is 12.2. The van der Waals surface area contributed by atoms with Crippen molar-refractivity contribution in [3.8, 4) is 0 Å². The summed E-state index contributed by atoms with van der Waals surface area (Å²) in [4.78, 5) is 20.7. The van der Waals surface area contributed by atoms with Crippen LogP contribution in [0.1, 0.15) is 52.9 Å². The van der Waals surface area contributed by atoms with Crippen LogP contribution in [-0.2, 0) is 9.47 Å². The number of carbonyl (C=O) groups is 1. The minimum atomic E-state index is -0.436. The van der Waals surface area contributed by atoms with Crippen LogP contribution in [0.2, 0.25) is 0 Å². The van der Waals surface area contributed by atoms with E-state index in [0.29, 0.717) is 5.41 Å². The number of methoxy groups -OCH3 is 1. The number of aliphatic imine (C=N–C) groups is 1. The van der Waals surface area contributed by atoms with Crippen LogP contribution in [0.5, 0.6) is 0 Å². The fourth-order valence-electron chi connectivity index (χ4n) is 3.99. The third-order valence-corrected chi connectivity index (χ3v) is 6.07. The molecule has 1 amide bonds. The maximum atomic E-state index is 12.2. The molecule has 1 aliphatic carbocycles. The first kappa shape index (κ1) is 24.7. The van der Waals surface area contributed by atoms with Crippen molar-refractivity contribution in [1.29, 1.82) is 0 Å². The van der Waals surface area contributed by atoms with E-state index >= 15 is 0 Å². The van der Waals surface area contributed by atoms with E-state index in [2.05, 4.69) is 20.5 Å². The lowest BCUT2D eigenvalue weighted by atomic mass is 9.67. The van der Waals surface area contributed by atoms with Gasteiger partial charge >= 0.3 is 6.09 Å². The van der Waals surface area contributed by atoms with Crippen molar-refractivity contribution in [2.75, 3.05) is 66.6 Å². The Labute approximate surface area is 182 Å². The average Bonchev–Trinajstić information content (AvgIpc) is 2.67. The van der Waals surface area contributed by atoms with Gasteiger partial charge in [-0.2, -0.15) is 0 Å². The van der Waals surface area contributed by atoms with Crippen molar-refractivity contribution in [2.24, 2.45) is 10.4 Å². The molecule has 8 nitrogen and oxygen atoms in total. The Morgan fingerprint density at radius 1 is 1.13 bits per heavy atom. The van der Waals surface area contributed by atoms with Gasteiger partial charge in [0.1, 0.15) is 5.60 Å². The smallest absolute Gasteiger partial charge is 0.410 e. The van der Waals surface area contributed by atoms with Crippen LogP contribution in [-0.4, -0.2) is 94.0 Å². The number of nitrogens with zero attached hydrogens (tertiary/aromatic N) is 3. The van der Waals surface area contributed by atoms with Gasteiger partial charge in [0.15, 0.2) is 5.96 Å². The Bertz CT molecular complexity index is 549. The molecular weight excluding hydrogens is 382 g/mol. The lowest BCUT2D eigenvalue weighted by Gasteiger charge is -2.42. The van der Waals surface area contributed by atoms with Gasteiger partial charge in [-0.25, -0.2) is 4.79 Å². The molecule has 0 spiro atoms. The summed E-state index contributed by atoms with van der Waals surface area (Å²) in [5.74, 6) is 0.883. The van der Waals surface area contributed by atoms with Gasteiger partial charge in [0.25, 0.3) is 0 Å². The number of guanidine groups is 1. The summed E-state index contributed by atoms with van der Waals surface area (Å²) in [6, 6.07) is 0. The fraction of sp³-hybridized carbons (Fsp3) is 0.909. The van der Waals surface area contributed by atoms with Crippen molar-refractivity contribution >= 4 is 12.1 Å². The van der Waals surface area contributed by atoms with E-state index in [1.165, 1.54) is 19.3 Å². The third-order valence-electron chi connectivity index (χ3n) is 6.07. The molecule has 0 atom stereocenters. The molecule has 2 N–H and O–H groups in total. The summed E-state index contributed by atoms with van der Waals surface area (Å²) in [6.07, 6.45) is 5.82. The number of hydrogen-bond donors (Lipinski definition) is 2. The van der Waals surface area contributed by atoms with Crippen LogP contribution in [0.4, 0.5) is 4.79 Å². The summed E-state index contributed by atoms with van der Waals surface area (Å²) in [6.45, 7) is 12.7. The van der Waals surface area contributed by atoms with Crippen LogP contribution in [0.3, 0.4) is 0 Å². The molecule has 2 rings (SSSR count). The Kier molecular flexibility index (Phi) is 9.68. The zero-order valence-electron chi connectivity index (χ0n) is 19.8. The number of nitrogens with one attached hydrogen (secondary N) is 2. The molecule has 0 aromatic rings. The van der Waals surface area contributed by atoms with Crippen molar-refractivity contribution < 1.29 is 14.3 Å². The minimum Gasteiger partial charge on any atom is -0.444 e. The van der Waals surface area contributed by atoms with Gasteiger partial charge in [-0.15, -0.1) is 0 Å². The second-order valence-electron chi connectivity index (χ2n) is 9.61. The van der Waals surface area contributed by atoms with Gasteiger partial charge in [0.05, 0.1) is 0 Å². The van der Waals surface area contributed by atoms with Gasteiger partial charge in [-0.05, 0) is 58.4 Å². The molecule has 0 bridgehead atoms.